The lowest BCUT2D eigenvalue weighted by Crippen LogP contribution is -2.24. The SMILES string of the molecule is Cc1ccsc1C(=O)CCC(CCN)C(C)(C)C. The topological polar surface area (TPSA) is 43.1 Å². The van der Waals surface area contributed by atoms with Crippen molar-refractivity contribution < 1.29 is 4.79 Å². The number of Topliss-reactive ketones (excluding diaryl/α,β-unsaturated/α-hetero) is 1. The fraction of sp³-hybridized carbons (Fsp3) is 0.667. The lowest BCUT2D eigenvalue weighted by atomic mass is 9.76. The van der Waals surface area contributed by atoms with Crippen molar-refractivity contribution >= 4 is 17.1 Å². The first-order chi connectivity index (χ1) is 8.36. The zero-order chi connectivity index (χ0) is 13.8. The maximum absolute atomic E-state index is 12.1. The molecular formula is C15H25NOS. The summed E-state index contributed by atoms with van der Waals surface area (Å²) in [5.74, 6) is 0.806. The highest BCUT2D eigenvalue weighted by Gasteiger charge is 2.24. The van der Waals surface area contributed by atoms with Crippen LogP contribution in [0.4, 0.5) is 0 Å². The van der Waals surface area contributed by atoms with Gasteiger partial charge in [0.05, 0.1) is 4.88 Å². The minimum atomic E-state index is 0.226. The van der Waals surface area contributed by atoms with E-state index in [1.807, 2.05) is 18.4 Å². The molecule has 0 saturated carbocycles. The second kappa shape index (κ2) is 6.48. The maximum atomic E-state index is 12.1. The van der Waals surface area contributed by atoms with Crippen LogP contribution in [0.3, 0.4) is 0 Å². The van der Waals surface area contributed by atoms with Crippen molar-refractivity contribution in [3.8, 4) is 0 Å². The van der Waals surface area contributed by atoms with Gasteiger partial charge in [-0.25, -0.2) is 0 Å². The van der Waals surface area contributed by atoms with Crippen LogP contribution in [-0.2, 0) is 0 Å². The molecule has 0 fully saturated rings. The van der Waals surface area contributed by atoms with Crippen LogP contribution in [0, 0.1) is 18.3 Å². The third-order valence-corrected chi connectivity index (χ3v) is 4.63. The van der Waals surface area contributed by atoms with E-state index in [1.54, 1.807) is 11.3 Å². The molecule has 1 rings (SSSR count). The van der Waals surface area contributed by atoms with Crippen LogP contribution in [0.2, 0.25) is 0 Å². The fourth-order valence-corrected chi connectivity index (χ4v) is 3.18. The smallest absolute Gasteiger partial charge is 0.173 e. The monoisotopic (exact) mass is 267 g/mol. The summed E-state index contributed by atoms with van der Waals surface area (Å²) in [6.07, 6.45) is 2.58. The summed E-state index contributed by atoms with van der Waals surface area (Å²) in [5.41, 5.74) is 7.00. The number of rotatable bonds is 6. The van der Waals surface area contributed by atoms with Crippen molar-refractivity contribution in [3.63, 3.8) is 0 Å². The van der Waals surface area contributed by atoms with Gasteiger partial charge < -0.3 is 5.73 Å². The van der Waals surface area contributed by atoms with Crippen LogP contribution < -0.4 is 5.73 Å². The zero-order valence-corrected chi connectivity index (χ0v) is 12.8. The van der Waals surface area contributed by atoms with Gasteiger partial charge in [-0.05, 0) is 54.7 Å². The van der Waals surface area contributed by atoms with Crippen molar-refractivity contribution in [2.24, 2.45) is 17.1 Å². The summed E-state index contributed by atoms with van der Waals surface area (Å²) >= 11 is 1.56. The van der Waals surface area contributed by atoms with Crippen molar-refractivity contribution in [1.29, 1.82) is 0 Å². The van der Waals surface area contributed by atoms with E-state index in [-0.39, 0.29) is 11.2 Å². The molecule has 1 unspecified atom stereocenters. The maximum Gasteiger partial charge on any atom is 0.173 e. The molecule has 0 aliphatic rings. The van der Waals surface area contributed by atoms with Gasteiger partial charge in [0.2, 0.25) is 0 Å². The van der Waals surface area contributed by atoms with Gasteiger partial charge in [-0.2, -0.15) is 0 Å². The molecule has 0 aliphatic heterocycles. The Balaban J connectivity index is 2.58. The first-order valence-corrected chi connectivity index (χ1v) is 7.51. The van der Waals surface area contributed by atoms with Crippen molar-refractivity contribution in [1.82, 2.24) is 0 Å². The van der Waals surface area contributed by atoms with E-state index in [9.17, 15) is 4.79 Å². The molecule has 1 aromatic rings. The molecule has 2 N–H and O–H groups in total. The van der Waals surface area contributed by atoms with Crippen LogP contribution >= 0.6 is 11.3 Å². The Morgan fingerprint density at radius 1 is 1.39 bits per heavy atom. The van der Waals surface area contributed by atoms with Gasteiger partial charge in [-0.1, -0.05) is 20.8 Å². The van der Waals surface area contributed by atoms with Crippen LogP contribution in [0.15, 0.2) is 11.4 Å². The second-order valence-electron chi connectivity index (χ2n) is 6.03. The van der Waals surface area contributed by atoms with E-state index in [4.69, 9.17) is 5.73 Å². The van der Waals surface area contributed by atoms with Gasteiger partial charge in [-0.15, -0.1) is 11.3 Å². The van der Waals surface area contributed by atoms with Gasteiger partial charge in [0.15, 0.2) is 5.78 Å². The Morgan fingerprint density at radius 3 is 2.50 bits per heavy atom. The molecule has 0 spiro atoms. The molecule has 0 saturated heterocycles. The number of carbonyl (C=O) groups is 1. The van der Waals surface area contributed by atoms with Gasteiger partial charge >= 0.3 is 0 Å². The summed E-state index contributed by atoms with van der Waals surface area (Å²) in [6, 6.07) is 2.01. The lowest BCUT2D eigenvalue weighted by Gasteiger charge is -2.30. The Hall–Kier alpha value is -0.670. The summed E-state index contributed by atoms with van der Waals surface area (Å²) in [4.78, 5) is 13.1. The Bertz CT molecular complexity index is 389. The average Bonchev–Trinajstić information content (AvgIpc) is 2.68. The van der Waals surface area contributed by atoms with Gasteiger partial charge in [-0.3, -0.25) is 4.79 Å². The number of nitrogens with two attached hydrogens (primary N) is 1. The van der Waals surface area contributed by atoms with Crippen LogP contribution in [-0.4, -0.2) is 12.3 Å². The van der Waals surface area contributed by atoms with Crippen molar-refractivity contribution in [3.05, 3.63) is 21.9 Å². The minimum absolute atomic E-state index is 0.226. The molecule has 0 radical (unpaired) electrons. The standard InChI is InChI=1S/C15H25NOS/c1-11-8-10-18-14(11)13(17)6-5-12(7-9-16)15(2,3)4/h8,10,12H,5-7,9,16H2,1-4H3. The molecule has 18 heavy (non-hydrogen) atoms. The lowest BCUT2D eigenvalue weighted by molar-refractivity contribution is 0.0961. The number of thiophene rings is 1. The molecule has 1 aromatic heterocycles. The van der Waals surface area contributed by atoms with E-state index in [0.29, 0.717) is 18.9 Å². The molecule has 1 atom stereocenters. The molecule has 102 valence electrons. The summed E-state index contributed by atoms with van der Waals surface area (Å²) in [6.45, 7) is 9.40. The predicted octanol–water partition coefficient (Wildman–Crippen LogP) is 4.03. The molecule has 2 nitrogen and oxygen atoms in total. The fourth-order valence-electron chi connectivity index (χ4n) is 2.29. The summed E-state index contributed by atoms with van der Waals surface area (Å²) in [7, 11) is 0. The normalized spacial score (nSPS) is 13.6. The first kappa shape index (κ1) is 15.4. The van der Waals surface area contributed by atoms with E-state index < -0.39 is 0 Å². The number of carbonyl (C=O) groups excluding carboxylic acids is 1. The van der Waals surface area contributed by atoms with Crippen LogP contribution in [0.25, 0.3) is 0 Å². The largest absolute Gasteiger partial charge is 0.330 e. The Labute approximate surface area is 115 Å². The zero-order valence-electron chi connectivity index (χ0n) is 12.0. The Morgan fingerprint density at radius 2 is 2.06 bits per heavy atom. The number of aryl methyl sites for hydroxylation is 1. The van der Waals surface area contributed by atoms with E-state index in [0.717, 1.165) is 23.3 Å². The quantitative estimate of drug-likeness (QED) is 0.791. The molecule has 0 aromatic carbocycles. The average molecular weight is 267 g/mol. The van der Waals surface area contributed by atoms with Gasteiger partial charge in [0, 0.05) is 6.42 Å². The third-order valence-electron chi connectivity index (χ3n) is 3.58. The van der Waals surface area contributed by atoms with E-state index in [2.05, 4.69) is 20.8 Å². The first-order valence-electron chi connectivity index (χ1n) is 6.63. The van der Waals surface area contributed by atoms with Crippen molar-refractivity contribution in [2.45, 2.75) is 47.0 Å². The van der Waals surface area contributed by atoms with Gasteiger partial charge in [0.25, 0.3) is 0 Å². The van der Waals surface area contributed by atoms with Crippen molar-refractivity contribution in [2.75, 3.05) is 6.54 Å². The molecular weight excluding hydrogens is 242 g/mol. The highest BCUT2D eigenvalue weighted by molar-refractivity contribution is 7.12. The second-order valence-corrected chi connectivity index (χ2v) is 6.95. The van der Waals surface area contributed by atoms with E-state index in [1.165, 1.54) is 0 Å². The molecule has 0 aliphatic carbocycles. The Kier molecular flexibility index (Phi) is 5.54. The van der Waals surface area contributed by atoms with Gasteiger partial charge in [0.1, 0.15) is 0 Å². The van der Waals surface area contributed by atoms with E-state index >= 15 is 0 Å². The van der Waals surface area contributed by atoms with Crippen LogP contribution in [0.1, 0.15) is 55.3 Å². The summed E-state index contributed by atoms with van der Waals surface area (Å²) in [5, 5.41) is 1.99. The summed E-state index contributed by atoms with van der Waals surface area (Å²) < 4.78 is 0. The number of hydrogen-bond acceptors (Lipinski definition) is 3. The minimum Gasteiger partial charge on any atom is -0.330 e. The number of ketones is 1. The number of hydrogen-bond donors (Lipinski definition) is 1. The molecule has 0 amide bonds. The molecule has 1 heterocycles. The molecule has 3 heteroatoms. The third kappa shape index (κ3) is 4.21. The molecule has 0 bridgehead atoms. The van der Waals surface area contributed by atoms with Crippen LogP contribution in [0.5, 0.6) is 0 Å². The highest BCUT2D eigenvalue weighted by Crippen LogP contribution is 2.33. The predicted molar refractivity (Wildman–Crippen MR) is 79.2 cm³/mol. The highest BCUT2D eigenvalue weighted by atomic mass is 32.1.